The minimum Gasteiger partial charge on any atom is -0.402 e. The number of Topliss-reactive ketones (excluding diaryl/α,β-unsaturated/α-hetero) is 1. The highest BCUT2D eigenvalue weighted by molar-refractivity contribution is 7.89. The first-order valence-corrected chi connectivity index (χ1v) is 12.1. The van der Waals surface area contributed by atoms with Crippen molar-refractivity contribution in [2.24, 2.45) is 10.7 Å². The number of sulfonamides is 1. The number of ketones is 1. The Morgan fingerprint density at radius 1 is 1.26 bits per heavy atom. The fourth-order valence-corrected chi connectivity index (χ4v) is 5.12. The maximum atomic E-state index is 12.9. The van der Waals surface area contributed by atoms with E-state index in [2.05, 4.69) is 20.3 Å². The number of pyridine rings is 1. The van der Waals surface area contributed by atoms with E-state index in [0.29, 0.717) is 60.1 Å². The lowest BCUT2D eigenvalue weighted by molar-refractivity contribution is 0.0730. The number of nitrogens with two attached hydrogens (primary N) is 1. The lowest BCUT2D eigenvalue weighted by Gasteiger charge is -2.26. The normalized spacial score (nSPS) is 16.1. The van der Waals surface area contributed by atoms with Gasteiger partial charge in [0.25, 0.3) is 0 Å². The lowest BCUT2D eigenvalue weighted by Crippen LogP contribution is -2.40. The van der Waals surface area contributed by atoms with Crippen LogP contribution in [0.1, 0.15) is 17.3 Å². The van der Waals surface area contributed by atoms with Gasteiger partial charge in [-0.05, 0) is 43.3 Å². The molecular formula is C23H26N6O4S. The van der Waals surface area contributed by atoms with Crippen LogP contribution < -0.4 is 11.1 Å². The van der Waals surface area contributed by atoms with Crippen LogP contribution in [0.2, 0.25) is 0 Å². The Morgan fingerprint density at radius 2 is 2.03 bits per heavy atom. The van der Waals surface area contributed by atoms with E-state index in [0.717, 1.165) is 0 Å². The molecule has 0 amide bonds. The van der Waals surface area contributed by atoms with Crippen LogP contribution in [0.5, 0.6) is 0 Å². The van der Waals surface area contributed by atoms with Crippen molar-refractivity contribution in [3.8, 4) is 0 Å². The minimum atomic E-state index is -3.61. The molecule has 3 heterocycles. The van der Waals surface area contributed by atoms with E-state index in [1.165, 1.54) is 17.4 Å². The minimum absolute atomic E-state index is 0.197. The van der Waals surface area contributed by atoms with Gasteiger partial charge in [0.05, 0.1) is 23.7 Å². The number of H-pyrrole nitrogens is 1. The summed E-state index contributed by atoms with van der Waals surface area (Å²) in [5, 5.41) is 3.78. The van der Waals surface area contributed by atoms with E-state index in [1.54, 1.807) is 49.5 Å². The van der Waals surface area contributed by atoms with E-state index < -0.39 is 10.0 Å². The molecule has 10 nitrogen and oxygen atoms in total. The second-order valence-electron chi connectivity index (χ2n) is 7.79. The Kier molecular flexibility index (Phi) is 6.77. The fraction of sp³-hybridized carbons (Fsp3) is 0.261. The van der Waals surface area contributed by atoms with Gasteiger partial charge in [0.1, 0.15) is 17.2 Å². The average molecular weight is 483 g/mol. The van der Waals surface area contributed by atoms with Crippen molar-refractivity contribution in [1.29, 1.82) is 0 Å². The van der Waals surface area contributed by atoms with E-state index >= 15 is 0 Å². The maximum absolute atomic E-state index is 12.9. The zero-order valence-corrected chi connectivity index (χ0v) is 19.7. The van der Waals surface area contributed by atoms with Crippen LogP contribution in [0.4, 0.5) is 11.5 Å². The number of fused-ring (bicyclic) bond motifs is 1. The zero-order valence-electron chi connectivity index (χ0n) is 18.9. The summed E-state index contributed by atoms with van der Waals surface area (Å²) >= 11 is 0. The van der Waals surface area contributed by atoms with Gasteiger partial charge in [-0.2, -0.15) is 4.31 Å². The van der Waals surface area contributed by atoms with Crippen LogP contribution >= 0.6 is 0 Å². The van der Waals surface area contributed by atoms with Gasteiger partial charge in [-0.1, -0.05) is 6.07 Å². The van der Waals surface area contributed by atoms with Gasteiger partial charge in [0, 0.05) is 43.1 Å². The summed E-state index contributed by atoms with van der Waals surface area (Å²) in [6, 6.07) is 10.1. The second kappa shape index (κ2) is 9.75. The van der Waals surface area contributed by atoms with Crippen LogP contribution in [0, 0.1) is 0 Å². The summed E-state index contributed by atoms with van der Waals surface area (Å²) in [4.78, 5) is 24.6. The predicted molar refractivity (Wildman–Crippen MR) is 131 cm³/mol. The number of aromatic nitrogens is 2. The highest BCUT2D eigenvalue weighted by atomic mass is 32.2. The molecule has 1 fully saturated rings. The van der Waals surface area contributed by atoms with Gasteiger partial charge in [-0.25, -0.2) is 13.4 Å². The topological polar surface area (TPSA) is 143 Å². The smallest absolute Gasteiger partial charge is 0.243 e. The molecule has 0 bridgehead atoms. The van der Waals surface area contributed by atoms with Gasteiger partial charge in [0.15, 0.2) is 0 Å². The molecule has 1 aliphatic heterocycles. The molecule has 11 heteroatoms. The molecule has 1 aromatic carbocycles. The highest BCUT2D eigenvalue weighted by Crippen LogP contribution is 2.25. The number of nitrogens with one attached hydrogen (secondary N) is 2. The molecule has 0 unspecified atom stereocenters. The van der Waals surface area contributed by atoms with Crippen molar-refractivity contribution in [3.05, 3.63) is 59.9 Å². The summed E-state index contributed by atoms with van der Waals surface area (Å²) in [7, 11) is -2.08. The molecule has 0 radical (unpaired) electrons. The van der Waals surface area contributed by atoms with E-state index in [-0.39, 0.29) is 16.4 Å². The van der Waals surface area contributed by atoms with Crippen molar-refractivity contribution < 1.29 is 17.9 Å². The Bertz CT molecular complexity index is 1380. The number of hydrogen-bond acceptors (Lipinski definition) is 8. The molecule has 0 aliphatic carbocycles. The average Bonchev–Trinajstić information content (AvgIpc) is 3.26. The Labute approximate surface area is 197 Å². The van der Waals surface area contributed by atoms with Crippen LogP contribution in [0.25, 0.3) is 11.0 Å². The van der Waals surface area contributed by atoms with Gasteiger partial charge in [0.2, 0.25) is 15.8 Å². The number of allylic oxidation sites excluding steroid dienone is 2. The lowest BCUT2D eigenvalue weighted by atomic mass is 10.1. The number of nitrogens with zero attached hydrogens (tertiary/aromatic N) is 3. The molecular weight excluding hydrogens is 456 g/mol. The number of ether oxygens (including phenoxy) is 1. The van der Waals surface area contributed by atoms with Gasteiger partial charge in [-0.15, -0.1) is 0 Å². The summed E-state index contributed by atoms with van der Waals surface area (Å²) in [5.74, 6) is 0.235. The quantitative estimate of drug-likeness (QED) is 0.347. The monoisotopic (exact) mass is 482 g/mol. The third-order valence-corrected chi connectivity index (χ3v) is 7.23. The second-order valence-corrected chi connectivity index (χ2v) is 9.73. The number of anilines is 2. The van der Waals surface area contributed by atoms with Crippen LogP contribution in [0.15, 0.2) is 64.3 Å². The molecule has 34 heavy (non-hydrogen) atoms. The van der Waals surface area contributed by atoms with Crippen molar-refractivity contribution >= 4 is 44.1 Å². The first-order chi connectivity index (χ1) is 16.3. The summed E-state index contributed by atoms with van der Waals surface area (Å²) in [5.41, 5.74) is 7.95. The number of hydrogen-bond donors (Lipinski definition) is 3. The van der Waals surface area contributed by atoms with E-state index in [1.807, 2.05) is 0 Å². The number of aliphatic imine (C=N–C) groups is 1. The molecule has 4 rings (SSSR count). The largest absolute Gasteiger partial charge is 0.402 e. The highest BCUT2D eigenvalue weighted by Gasteiger charge is 2.26. The number of aromatic amines is 1. The van der Waals surface area contributed by atoms with Crippen LogP contribution in [-0.2, 0) is 14.8 Å². The van der Waals surface area contributed by atoms with Crippen LogP contribution in [-0.4, -0.2) is 67.5 Å². The maximum Gasteiger partial charge on any atom is 0.243 e. The van der Waals surface area contributed by atoms with Crippen molar-refractivity contribution in [1.82, 2.24) is 14.3 Å². The zero-order chi connectivity index (χ0) is 24.3. The molecule has 1 saturated heterocycles. The Hall–Kier alpha value is -3.54. The third kappa shape index (κ3) is 4.86. The molecule has 0 saturated carbocycles. The first-order valence-electron chi connectivity index (χ1n) is 10.7. The number of carbonyl (C=O) groups is 1. The number of morpholine rings is 1. The molecule has 3 aromatic rings. The molecule has 178 valence electrons. The van der Waals surface area contributed by atoms with Crippen molar-refractivity contribution in [3.63, 3.8) is 0 Å². The fourth-order valence-electron chi connectivity index (χ4n) is 3.67. The SMILES string of the molecule is CN=C(C=C(C)N)C(=O)c1c[nH]c2nc(Nc3cccc(S(=O)(=O)N4CCOCC4)c3)ccc12. The molecule has 1 aliphatic rings. The summed E-state index contributed by atoms with van der Waals surface area (Å²) < 4.78 is 32.6. The Morgan fingerprint density at radius 3 is 2.74 bits per heavy atom. The number of rotatable bonds is 7. The third-order valence-electron chi connectivity index (χ3n) is 5.34. The molecule has 0 atom stereocenters. The predicted octanol–water partition coefficient (Wildman–Crippen LogP) is 2.44. The van der Waals surface area contributed by atoms with E-state index in [4.69, 9.17) is 10.5 Å². The number of benzene rings is 1. The van der Waals surface area contributed by atoms with Gasteiger partial charge in [-0.3, -0.25) is 9.79 Å². The first kappa shape index (κ1) is 23.6. The molecule has 0 spiro atoms. The van der Waals surface area contributed by atoms with E-state index in [9.17, 15) is 13.2 Å². The van der Waals surface area contributed by atoms with Crippen LogP contribution in [0.3, 0.4) is 0 Å². The van der Waals surface area contributed by atoms with Gasteiger partial charge < -0.3 is 20.8 Å². The standard InChI is InChI=1S/C23H26N6O4S/c1-15(24)12-20(25-2)22(30)19-14-26-23-18(19)6-7-21(28-23)27-16-4-3-5-17(13-16)34(31,32)29-8-10-33-11-9-29/h3-7,12-14H,8-11,24H2,1-2H3,(H2,26,27,28). The molecule has 2 aromatic heterocycles. The molecule has 4 N–H and O–H groups in total. The summed E-state index contributed by atoms with van der Waals surface area (Å²) in [6.45, 7) is 3.12. The van der Waals surface area contributed by atoms with Crippen molar-refractivity contribution in [2.75, 3.05) is 38.7 Å². The number of carbonyl (C=O) groups excluding carboxylic acids is 1. The summed E-state index contributed by atoms with van der Waals surface area (Å²) in [6.07, 6.45) is 3.12. The Balaban J connectivity index is 1.58. The van der Waals surface area contributed by atoms with Gasteiger partial charge >= 0.3 is 0 Å². The van der Waals surface area contributed by atoms with Crippen molar-refractivity contribution in [2.45, 2.75) is 11.8 Å².